The Hall–Kier alpha value is -1.16. The van der Waals surface area contributed by atoms with Gasteiger partial charge in [0.1, 0.15) is 5.69 Å². The van der Waals surface area contributed by atoms with Gasteiger partial charge in [-0.2, -0.15) is 0 Å². The summed E-state index contributed by atoms with van der Waals surface area (Å²) >= 11 is 4.82. The molecule has 0 fully saturated rings. The summed E-state index contributed by atoms with van der Waals surface area (Å²) in [5.41, 5.74) is 0.848. The molecule has 2 rings (SSSR count). The Balaban J connectivity index is 2.56. The molecule has 0 spiro atoms. The van der Waals surface area contributed by atoms with Crippen LogP contribution in [0.25, 0.3) is 6.08 Å². The predicted molar refractivity (Wildman–Crippen MR) is 50.2 cm³/mol. The number of allylic oxidation sites excluding steroid dienone is 1. The zero-order chi connectivity index (χ0) is 8.55. The molecule has 1 N–H and O–H groups in total. The Labute approximate surface area is 74.8 Å². The SMILES string of the molecule is CC1C=Cc2[nH]c(=S)oc2N=C1. The van der Waals surface area contributed by atoms with E-state index in [1.807, 2.05) is 18.4 Å². The van der Waals surface area contributed by atoms with Crippen LogP contribution in [0.1, 0.15) is 12.6 Å². The largest absolute Gasteiger partial charge is 0.410 e. The molecular weight excluding hydrogens is 172 g/mol. The topological polar surface area (TPSA) is 41.3 Å². The second-order valence-electron chi connectivity index (χ2n) is 2.73. The van der Waals surface area contributed by atoms with Gasteiger partial charge in [-0.25, -0.2) is 4.99 Å². The average molecular weight is 180 g/mol. The van der Waals surface area contributed by atoms with E-state index < -0.39 is 0 Å². The Morgan fingerprint density at radius 1 is 1.67 bits per heavy atom. The number of oxazole rings is 1. The van der Waals surface area contributed by atoms with Gasteiger partial charge in [-0.1, -0.05) is 13.0 Å². The van der Waals surface area contributed by atoms with Crippen LogP contribution in [0.2, 0.25) is 0 Å². The highest BCUT2D eigenvalue weighted by Crippen LogP contribution is 2.22. The van der Waals surface area contributed by atoms with Gasteiger partial charge >= 0.3 is 0 Å². The van der Waals surface area contributed by atoms with Crippen LogP contribution >= 0.6 is 12.2 Å². The number of nitrogens with one attached hydrogen (secondary N) is 1. The molecule has 0 bridgehead atoms. The van der Waals surface area contributed by atoms with Crippen molar-refractivity contribution in [2.24, 2.45) is 10.9 Å². The van der Waals surface area contributed by atoms with Gasteiger partial charge < -0.3 is 9.40 Å². The maximum atomic E-state index is 5.14. The van der Waals surface area contributed by atoms with E-state index in [9.17, 15) is 0 Å². The zero-order valence-electron chi connectivity index (χ0n) is 6.57. The standard InChI is InChI=1S/C8H8N2OS/c1-5-2-3-6-7(9-4-5)11-8(12)10-6/h2-5H,1H3,(H,10,12). The van der Waals surface area contributed by atoms with Crippen LogP contribution in [0.5, 0.6) is 0 Å². The molecule has 62 valence electrons. The van der Waals surface area contributed by atoms with E-state index in [2.05, 4.69) is 16.9 Å². The number of aromatic nitrogens is 1. The lowest BCUT2D eigenvalue weighted by molar-refractivity contribution is 0.550. The first-order chi connectivity index (χ1) is 5.75. The molecule has 12 heavy (non-hydrogen) atoms. The molecule has 1 aliphatic heterocycles. The Bertz CT molecular complexity index is 365. The fourth-order valence-electron chi connectivity index (χ4n) is 1.02. The van der Waals surface area contributed by atoms with E-state index >= 15 is 0 Å². The summed E-state index contributed by atoms with van der Waals surface area (Å²) in [5, 5.41) is 0. The molecule has 1 unspecified atom stereocenters. The number of hydrogen-bond acceptors (Lipinski definition) is 3. The molecule has 0 radical (unpaired) electrons. The minimum absolute atomic E-state index is 0.342. The van der Waals surface area contributed by atoms with Crippen molar-refractivity contribution >= 4 is 30.4 Å². The van der Waals surface area contributed by atoms with Crippen molar-refractivity contribution in [2.45, 2.75) is 6.92 Å². The molecular formula is C8H8N2OS. The van der Waals surface area contributed by atoms with Crippen molar-refractivity contribution in [3.63, 3.8) is 0 Å². The molecule has 1 aliphatic rings. The lowest BCUT2D eigenvalue weighted by atomic mass is 10.2. The molecule has 0 amide bonds. The quantitative estimate of drug-likeness (QED) is 0.623. The first kappa shape index (κ1) is 7.49. The van der Waals surface area contributed by atoms with E-state index in [1.165, 1.54) is 0 Å². The van der Waals surface area contributed by atoms with E-state index in [4.69, 9.17) is 16.6 Å². The van der Waals surface area contributed by atoms with Crippen molar-refractivity contribution in [3.8, 4) is 0 Å². The number of fused-ring (bicyclic) bond motifs is 1. The predicted octanol–water partition coefficient (Wildman–Crippen LogP) is 2.70. The number of hydrogen-bond donors (Lipinski definition) is 1. The van der Waals surface area contributed by atoms with Crippen LogP contribution in [0.3, 0.4) is 0 Å². The molecule has 2 heterocycles. The van der Waals surface area contributed by atoms with Crippen molar-refractivity contribution in [2.75, 3.05) is 0 Å². The molecule has 0 saturated carbocycles. The van der Waals surface area contributed by atoms with Gasteiger partial charge in [0.05, 0.1) is 0 Å². The first-order valence-corrected chi connectivity index (χ1v) is 4.12. The van der Waals surface area contributed by atoms with Gasteiger partial charge in [-0.3, -0.25) is 0 Å². The molecule has 0 aromatic carbocycles. The second-order valence-corrected chi connectivity index (χ2v) is 3.10. The summed E-state index contributed by atoms with van der Waals surface area (Å²) in [6.45, 7) is 2.06. The van der Waals surface area contributed by atoms with Crippen molar-refractivity contribution in [1.29, 1.82) is 0 Å². The minimum Gasteiger partial charge on any atom is -0.410 e. The van der Waals surface area contributed by atoms with Gasteiger partial charge in [0.2, 0.25) is 5.88 Å². The summed E-state index contributed by atoms with van der Waals surface area (Å²) in [7, 11) is 0. The lowest BCUT2D eigenvalue weighted by Gasteiger charge is -1.89. The van der Waals surface area contributed by atoms with Crippen LogP contribution in [0, 0.1) is 10.8 Å². The molecule has 0 saturated heterocycles. The fourth-order valence-corrected chi connectivity index (χ4v) is 1.21. The number of aliphatic imine (C=N–C) groups is 1. The van der Waals surface area contributed by atoms with Gasteiger partial charge in [0.15, 0.2) is 0 Å². The zero-order valence-corrected chi connectivity index (χ0v) is 7.39. The molecule has 1 aromatic rings. The Kier molecular flexibility index (Phi) is 1.69. The fraction of sp³-hybridized carbons (Fsp3) is 0.250. The van der Waals surface area contributed by atoms with Crippen LogP contribution in [0.4, 0.5) is 5.88 Å². The highest BCUT2D eigenvalue weighted by molar-refractivity contribution is 7.71. The summed E-state index contributed by atoms with van der Waals surface area (Å²) in [6, 6.07) is 0. The van der Waals surface area contributed by atoms with E-state index in [-0.39, 0.29) is 0 Å². The van der Waals surface area contributed by atoms with Crippen molar-refractivity contribution in [3.05, 3.63) is 16.6 Å². The van der Waals surface area contributed by atoms with Crippen LogP contribution in [-0.2, 0) is 0 Å². The molecule has 4 heteroatoms. The Morgan fingerprint density at radius 2 is 2.50 bits per heavy atom. The minimum atomic E-state index is 0.342. The van der Waals surface area contributed by atoms with E-state index in [1.54, 1.807) is 0 Å². The monoisotopic (exact) mass is 180 g/mol. The van der Waals surface area contributed by atoms with Gasteiger partial charge in [-0.05, 0) is 18.3 Å². The highest BCUT2D eigenvalue weighted by atomic mass is 32.1. The van der Waals surface area contributed by atoms with Crippen molar-refractivity contribution < 1.29 is 4.42 Å². The molecule has 1 atom stereocenters. The molecule has 3 nitrogen and oxygen atoms in total. The van der Waals surface area contributed by atoms with Crippen LogP contribution in [0.15, 0.2) is 15.5 Å². The normalized spacial score (nSPS) is 20.6. The Morgan fingerprint density at radius 3 is 3.33 bits per heavy atom. The van der Waals surface area contributed by atoms with Crippen molar-refractivity contribution in [1.82, 2.24) is 4.98 Å². The summed E-state index contributed by atoms with van der Waals surface area (Å²) in [5.74, 6) is 0.912. The first-order valence-electron chi connectivity index (χ1n) is 3.71. The molecule has 1 aromatic heterocycles. The number of rotatable bonds is 0. The number of H-pyrrole nitrogens is 1. The maximum absolute atomic E-state index is 5.14. The average Bonchev–Trinajstić information content (AvgIpc) is 2.31. The third-order valence-corrected chi connectivity index (χ3v) is 1.84. The number of nitrogens with zero attached hydrogens (tertiary/aromatic N) is 1. The van der Waals surface area contributed by atoms with Gasteiger partial charge in [-0.15, -0.1) is 0 Å². The second kappa shape index (κ2) is 2.71. The van der Waals surface area contributed by atoms with Crippen LogP contribution < -0.4 is 0 Å². The highest BCUT2D eigenvalue weighted by Gasteiger charge is 2.06. The van der Waals surface area contributed by atoms with Crippen LogP contribution in [-0.4, -0.2) is 11.2 Å². The summed E-state index contributed by atoms with van der Waals surface area (Å²) in [6.07, 6.45) is 5.80. The summed E-state index contributed by atoms with van der Waals surface area (Å²) < 4.78 is 5.14. The maximum Gasteiger partial charge on any atom is 0.268 e. The lowest BCUT2D eigenvalue weighted by Crippen LogP contribution is -1.86. The van der Waals surface area contributed by atoms with Gasteiger partial charge in [0, 0.05) is 12.1 Å². The van der Waals surface area contributed by atoms with E-state index in [0.29, 0.717) is 16.6 Å². The summed E-state index contributed by atoms with van der Waals surface area (Å²) in [4.78, 5) is 7.41. The smallest absolute Gasteiger partial charge is 0.268 e. The number of aromatic amines is 1. The van der Waals surface area contributed by atoms with Gasteiger partial charge in [0.25, 0.3) is 4.84 Å². The third kappa shape index (κ3) is 1.25. The van der Waals surface area contributed by atoms with E-state index in [0.717, 1.165) is 5.69 Å². The third-order valence-electron chi connectivity index (χ3n) is 1.65. The molecule has 0 aliphatic carbocycles.